The molecule has 0 aliphatic carbocycles. The molecule has 0 aromatic carbocycles. The van der Waals surface area contributed by atoms with Crippen LogP contribution < -0.4 is 26.6 Å². The summed E-state index contributed by atoms with van der Waals surface area (Å²) in [6.07, 6.45) is 1.43. The van der Waals surface area contributed by atoms with E-state index >= 15 is 14.4 Å². The van der Waals surface area contributed by atoms with Crippen LogP contribution in [0.4, 0.5) is 4.79 Å². The maximum atomic E-state index is 15.4. The largest absolute Gasteiger partial charge is 0.390 e. The molecule has 10 amide bonds. The Morgan fingerprint density at radius 3 is 1.56 bits per heavy atom. The SMILES string of the molecule is CCC[C@@H](NC(=O)[C@H]([C@H](O)[C@H](C)CCN(C)CC(C)C#N)N(C)C(=O)[C@H](C(C)C)N(C)C(=O)[C@@H](CC(C)C)N(C)[C@H](CC(C)C)C(=O)N(C)C(=O)N[C@H](C)C(=O)NC(=O)[C@H](CC(C)C)NC)C(=O)N(C)[C@H](C)C(=O)N(C)C(C=O)(CC(C)C)N[C@H](C=O)C(C)C. The number of amides is 10. The average Bonchev–Trinajstić information content (AvgIpc) is 1.16. The van der Waals surface area contributed by atoms with Crippen LogP contribution in [0.15, 0.2) is 0 Å². The van der Waals surface area contributed by atoms with E-state index in [0.29, 0.717) is 44.9 Å². The number of hydrogen-bond donors (Lipinski definition) is 6. The zero-order valence-electron chi connectivity index (χ0n) is 59.4. The molecular formula is C65H119N13O12. The highest BCUT2D eigenvalue weighted by atomic mass is 16.3. The molecule has 0 saturated heterocycles. The number of nitrogens with zero attached hydrogens (tertiary/aromatic N) is 8. The number of aldehydes is 2. The summed E-state index contributed by atoms with van der Waals surface area (Å²) in [5, 5.41) is 35.6. The summed E-state index contributed by atoms with van der Waals surface area (Å²) in [4.78, 5) is 164. The van der Waals surface area contributed by atoms with Crippen LogP contribution in [-0.4, -0.2) is 241 Å². The fourth-order valence-electron chi connectivity index (χ4n) is 11.1. The molecule has 0 aromatic heterocycles. The number of hydrogen-bond acceptors (Lipinski definition) is 17. The van der Waals surface area contributed by atoms with E-state index in [4.69, 9.17) is 0 Å². The third kappa shape index (κ3) is 24.9. The first kappa shape index (κ1) is 84.1. The van der Waals surface area contributed by atoms with E-state index in [2.05, 4.69) is 32.7 Å². The van der Waals surface area contributed by atoms with Crippen molar-refractivity contribution in [3.63, 3.8) is 0 Å². The van der Waals surface area contributed by atoms with Gasteiger partial charge in [-0.25, -0.2) is 4.79 Å². The van der Waals surface area contributed by atoms with Gasteiger partial charge in [0.2, 0.25) is 47.3 Å². The molecule has 0 fully saturated rings. The number of carbonyl (C=O) groups is 11. The molecule has 25 nitrogen and oxygen atoms in total. The highest BCUT2D eigenvalue weighted by molar-refractivity contribution is 6.03. The second-order valence-corrected chi connectivity index (χ2v) is 27.5. The first-order valence-corrected chi connectivity index (χ1v) is 32.2. The molecule has 0 rings (SSSR count). The van der Waals surface area contributed by atoms with E-state index in [0.717, 1.165) is 9.80 Å². The van der Waals surface area contributed by atoms with Crippen LogP contribution in [0.2, 0.25) is 0 Å². The molecule has 516 valence electrons. The Bertz CT molecular complexity index is 2400. The number of rotatable bonds is 40. The molecule has 0 aliphatic heterocycles. The van der Waals surface area contributed by atoms with E-state index in [1.165, 1.54) is 63.8 Å². The fraction of sp³-hybridized carbons (Fsp3) is 0.815. The summed E-state index contributed by atoms with van der Waals surface area (Å²) in [6, 6.07) is -8.98. The molecule has 25 heteroatoms. The van der Waals surface area contributed by atoms with Crippen LogP contribution in [0.5, 0.6) is 0 Å². The minimum atomic E-state index is -1.67. The van der Waals surface area contributed by atoms with Crippen LogP contribution in [0.3, 0.4) is 0 Å². The molecule has 0 saturated carbocycles. The lowest BCUT2D eigenvalue weighted by atomic mass is 9.91. The lowest BCUT2D eigenvalue weighted by Crippen LogP contribution is -2.67. The number of urea groups is 1. The van der Waals surface area contributed by atoms with Crippen LogP contribution >= 0.6 is 0 Å². The zero-order chi connectivity index (χ0) is 70.2. The van der Waals surface area contributed by atoms with Crippen molar-refractivity contribution in [2.24, 2.45) is 47.3 Å². The summed E-state index contributed by atoms with van der Waals surface area (Å²) in [7, 11) is 11.9. The number of imide groups is 2. The average molecular weight is 1270 g/mol. The van der Waals surface area contributed by atoms with Crippen molar-refractivity contribution in [2.75, 3.05) is 69.5 Å². The molecule has 0 aromatic rings. The third-order valence-electron chi connectivity index (χ3n) is 16.9. The standard InChI is InChI=1S/C65H119N13O12/c1-26-27-48(60(86)73(20)47(17)59(85)78(25)65(37-80,33-41(8)9)71-50(36-79)42(10)11)69-58(84)54(55(81)45(15)28-29-72(19)35-44(14)34-66)76(23)63(89)53(43(12)13)75(22)61(87)51(31-39(4)5)74(21)52(32-40(6)7)62(88)77(24)64(90)68-46(16)56(82)70-57(83)49(67-18)30-38(2)3/h36-55,67,71,81H,26-33,35H2,1-25H3,(H,68,90)(H,69,84)(H,70,82,83)/t44?,45-,46-,47-,48-,49+,50-,51-,52-,53+,54+,55-,65?/m1/s1. The number of nitriles is 1. The highest BCUT2D eigenvalue weighted by Gasteiger charge is 2.47. The normalized spacial score (nSPS) is 16.5. The minimum absolute atomic E-state index is 0.0677. The second kappa shape index (κ2) is 39.5. The highest BCUT2D eigenvalue weighted by Crippen LogP contribution is 2.27. The molecular weight excluding hydrogens is 1150 g/mol. The molecule has 0 spiro atoms. The first-order chi connectivity index (χ1) is 41.6. The summed E-state index contributed by atoms with van der Waals surface area (Å²) in [6.45, 7) is 31.2. The monoisotopic (exact) mass is 1270 g/mol. The van der Waals surface area contributed by atoms with Gasteiger partial charge < -0.3 is 50.4 Å². The predicted molar refractivity (Wildman–Crippen MR) is 348 cm³/mol. The Hall–Kier alpha value is -5.94. The third-order valence-corrected chi connectivity index (χ3v) is 16.9. The van der Waals surface area contributed by atoms with Gasteiger partial charge in [-0.3, -0.25) is 63.6 Å². The summed E-state index contributed by atoms with van der Waals surface area (Å²) >= 11 is 0. The lowest BCUT2D eigenvalue weighted by Gasteiger charge is -2.43. The van der Waals surface area contributed by atoms with Crippen molar-refractivity contribution in [1.29, 1.82) is 5.26 Å². The van der Waals surface area contributed by atoms with Crippen molar-refractivity contribution in [1.82, 2.24) is 60.9 Å². The van der Waals surface area contributed by atoms with Gasteiger partial charge in [0, 0.05) is 41.8 Å². The van der Waals surface area contributed by atoms with Crippen LogP contribution in [0, 0.1) is 58.7 Å². The van der Waals surface area contributed by atoms with E-state index < -0.39 is 131 Å². The summed E-state index contributed by atoms with van der Waals surface area (Å²) in [5.41, 5.74) is -1.63. The molecule has 13 atom stereocenters. The van der Waals surface area contributed by atoms with Crippen LogP contribution in [-0.2, 0) is 47.9 Å². The number of likely N-dealkylation sites (N-methyl/N-ethyl adjacent to an activating group) is 7. The Kier molecular flexibility index (Phi) is 36.9. The second-order valence-electron chi connectivity index (χ2n) is 27.5. The Morgan fingerprint density at radius 1 is 0.589 bits per heavy atom. The van der Waals surface area contributed by atoms with Crippen molar-refractivity contribution >= 4 is 65.9 Å². The van der Waals surface area contributed by atoms with E-state index in [1.807, 2.05) is 67.3 Å². The number of aliphatic hydroxyl groups is 1. The van der Waals surface area contributed by atoms with Crippen molar-refractivity contribution in [3.05, 3.63) is 0 Å². The van der Waals surface area contributed by atoms with Gasteiger partial charge in [-0.1, -0.05) is 103 Å². The maximum Gasteiger partial charge on any atom is 0.324 e. The summed E-state index contributed by atoms with van der Waals surface area (Å²) in [5.74, 6) is -7.61. The van der Waals surface area contributed by atoms with Crippen molar-refractivity contribution in [2.45, 2.75) is 229 Å². The van der Waals surface area contributed by atoms with Crippen LogP contribution in [0.25, 0.3) is 0 Å². The van der Waals surface area contributed by atoms with Crippen molar-refractivity contribution < 1.29 is 57.8 Å². The van der Waals surface area contributed by atoms with E-state index in [9.17, 15) is 48.7 Å². The summed E-state index contributed by atoms with van der Waals surface area (Å²) < 4.78 is 0. The smallest absolute Gasteiger partial charge is 0.324 e. The lowest BCUT2D eigenvalue weighted by molar-refractivity contribution is -0.156. The zero-order valence-corrected chi connectivity index (χ0v) is 59.4. The van der Waals surface area contributed by atoms with Gasteiger partial charge in [-0.2, -0.15) is 5.26 Å². The Labute approximate surface area is 539 Å². The predicted octanol–water partition coefficient (Wildman–Crippen LogP) is 3.71. The first-order valence-electron chi connectivity index (χ1n) is 32.2. The van der Waals surface area contributed by atoms with Gasteiger partial charge in [0.25, 0.3) is 0 Å². The molecule has 2 unspecified atom stereocenters. The van der Waals surface area contributed by atoms with Gasteiger partial charge >= 0.3 is 6.03 Å². The molecule has 6 N–H and O–H groups in total. The molecule has 0 aliphatic rings. The van der Waals surface area contributed by atoms with E-state index in [1.54, 1.807) is 67.5 Å². The maximum absolute atomic E-state index is 15.4. The van der Waals surface area contributed by atoms with Gasteiger partial charge in [-0.05, 0) is 128 Å². The van der Waals surface area contributed by atoms with Crippen LogP contribution in [0.1, 0.15) is 163 Å². The Balaban J connectivity index is 7.59. The molecule has 0 heterocycles. The number of nitrogens with one attached hydrogen (secondary N) is 5. The van der Waals surface area contributed by atoms with E-state index in [-0.39, 0.29) is 61.2 Å². The Morgan fingerprint density at radius 2 is 1.11 bits per heavy atom. The van der Waals surface area contributed by atoms with Gasteiger partial charge in [-0.15, -0.1) is 0 Å². The molecule has 90 heavy (non-hydrogen) atoms. The quantitative estimate of drug-likeness (QED) is 0.0376. The minimum Gasteiger partial charge on any atom is -0.390 e. The number of aliphatic hydroxyl groups excluding tert-OH is 1. The fourth-order valence-corrected chi connectivity index (χ4v) is 11.1. The number of carbonyl (C=O) groups excluding carboxylic acids is 11. The molecule has 0 radical (unpaired) electrons. The van der Waals surface area contributed by atoms with Gasteiger partial charge in [0.15, 0.2) is 11.9 Å². The molecule has 0 bridgehead atoms. The topological polar surface area (TPSA) is 315 Å². The van der Waals surface area contributed by atoms with Gasteiger partial charge in [0.1, 0.15) is 36.5 Å². The van der Waals surface area contributed by atoms with Gasteiger partial charge in [0.05, 0.1) is 42.3 Å². The van der Waals surface area contributed by atoms with Crippen molar-refractivity contribution in [3.8, 4) is 6.07 Å².